The number of carbonyl (C=O) groups is 1. The number of carboxylic acids is 1. The molecule has 0 aromatic carbocycles. The van der Waals surface area contributed by atoms with Gasteiger partial charge in [0.25, 0.3) is 0 Å². The first kappa shape index (κ1) is 6.29. The molecule has 1 saturated heterocycles. The minimum Gasteiger partial charge on any atom is -0.478 e. The molecule has 1 aliphatic rings. The Bertz CT molecular complexity index is 143. The van der Waals surface area contributed by atoms with Gasteiger partial charge in [-0.3, -0.25) is 0 Å². The summed E-state index contributed by atoms with van der Waals surface area (Å²) in [6.07, 6.45) is 2.16. The van der Waals surface area contributed by atoms with Crippen molar-refractivity contribution in [2.24, 2.45) is 0 Å². The zero-order valence-electron chi connectivity index (χ0n) is 5.05. The first-order chi connectivity index (χ1) is 4.29. The van der Waals surface area contributed by atoms with Crippen molar-refractivity contribution in [1.29, 1.82) is 0 Å². The van der Waals surface area contributed by atoms with Gasteiger partial charge in [0, 0.05) is 12.6 Å². The average molecular weight is 127 g/mol. The summed E-state index contributed by atoms with van der Waals surface area (Å²) in [5.41, 5.74) is 0.988. The van der Waals surface area contributed by atoms with Crippen LogP contribution in [0.4, 0.5) is 0 Å². The highest BCUT2D eigenvalue weighted by Gasteiger charge is 2.05. The number of hydrogen-bond acceptors (Lipinski definition) is 2. The van der Waals surface area contributed by atoms with Gasteiger partial charge in [0.15, 0.2) is 0 Å². The maximum absolute atomic E-state index is 10.1. The quantitative estimate of drug-likeness (QED) is 0.487. The molecule has 0 saturated carbocycles. The van der Waals surface area contributed by atoms with E-state index in [0.717, 1.165) is 25.1 Å². The molecule has 0 atom stereocenters. The molecule has 0 amide bonds. The summed E-state index contributed by atoms with van der Waals surface area (Å²) < 4.78 is 0. The van der Waals surface area contributed by atoms with E-state index in [0.29, 0.717) is 0 Å². The van der Waals surface area contributed by atoms with Gasteiger partial charge in [0.05, 0.1) is 0 Å². The summed E-state index contributed by atoms with van der Waals surface area (Å²) in [4.78, 5) is 10.1. The molecule has 2 N–H and O–H groups in total. The van der Waals surface area contributed by atoms with Crippen molar-refractivity contribution in [3.8, 4) is 0 Å². The molecule has 0 aromatic rings. The molecule has 3 heteroatoms. The van der Waals surface area contributed by atoms with E-state index in [-0.39, 0.29) is 0 Å². The molecule has 9 heavy (non-hydrogen) atoms. The maximum atomic E-state index is 10.1. The molecule has 1 rings (SSSR count). The number of nitrogens with one attached hydrogen (secondary N) is 1. The topological polar surface area (TPSA) is 49.3 Å². The van der Waals surface area contributed by atoms with Crippen molar-refractivity contribution in [2.75, 3.05) is 13.1 Å². The first-order valence-electron chi connectivity index (χ1n) is 2.92. The normalized spacial score (nSPS) is 22.9. The molecule has 0 spiro atoms. The van der Waals surface area contributed by atoms with Crippen LogP contribution in [0.5, 0.6) is 0 Å². The lowest BCUT2D eigenvalue weighted by Gasteiger charge is -1.87. The van der Waals surface area contributed by atoms with Gasteiger partial charge in [-0.15, -0.1) is 0 Å². The third-order valence-electron chi connectivity index (χ3n) is 1.30. The van der Waals surface area contributed by atoms with E-state index in [1.165, 1.54) is 6.08 Å². The minimum atomic E-state index is -0.839. The van der Waals surface area contributed by atoms with Crippen LogP contribution in [0.3, 0.4) is 0 Å². The van der Waals surface area contributed by atoms with E-state index in [1.807, 2.05) is 0 Å². The van der Waals surface area contributed by atoms with Crippen molar-refractivity contribution < 1.29 is 9.90 Å². The molecule has 3 nitrogen and oxygen atoms in total. The monoisotopic (exact) mass is 127 g/mol. The van der Waals surface area contributed by atoms with Crippen molar-refractivity contribution in [3.63, 3.8) is 0 Å². The molecular formula is C6H9NO2. The van der Waals surface area contributed by atoms with E-state index >= 15 is 0 Å². The Kier molecular flexibility index (Phi) is 1.85. The van der Waals surface area contributed by atoms with Crippen molar-refractivity contribution in [3.05, 3.63) is 11.6 Å². The minimum absolute atomic E-state index is 0.742. The van der Waals surface area contributed by atoms with Crippen molar-refractivity contribution >= 4 is 5.97 Å². The Labute approximate surface area is 53.4 Å². The second kappa shape index (κ2) is 2.64. The third-order valence-corrected chi connectivity index (χ3v) is 1.30. The van der Waals surface area contributed by atoms with Crippen LogP contribution < -0.4 is 5.32 Å². The van der Waals surface area contributed by atoms with E-state index in [1.54, 1.807) is 0 Å². The molecule has 1 heterocycles. The summed E-state index contributed by atoms with van der Waals surface area (Å²) in [6.45, 7) is 1.66. The van der Waals surface area contributed by atoms with Gasteiger partial charge in [0.1, 0.15) is 0 Å². The number of rotatable bonds is 1. The fourth-order valence-corrected chi connectivity index (χ4v) is 0.884. The maximum Gasteiger partial charge on any atom is 0.328 e. The molecule has 0 aliphatic carbocycles. The second-order valence-electron chi connectivity index (χ2n) is 2.07. The fourth-order valence-electron chi connectivity index (χ4n) is 0.884. The van der Waals surface area contributed by atoms with Crippen LogP contribution in [0.2, 0.25) is 0 Å². The van der Waals surface area contributed by atoms with Crippen LogP contribution in [-0.4, -0.2) is 24.2 Å². The van der Waals surface area contributed by atoms with E-state index < -0.39 is 5.97 Å². The lowest BCUT2D eigenvalue weighted by atomic mass is 10.2. The Hall–Kier alpha value is -0.830. The van der Waals surface area contributed by atoms with Crippen LogP contribution in [-0.2, 0) is 4.79 Å². The SMILES string of the molecule is O=C(O)/C=C1\CCNC1. The molecule has 50 valence electrons. The first-order valence-corrected chi connectivity index (χ1v) is 2.92. The molecule has 0 bridgehead atoms. The zero-order valence-corrected chi connectivity index (χ0v) is 5.05. The van der Waals surface area contributed by atoms with E-state index in [9.17, 15) is 4.79 Å². The summed E-state index contributed by atoms with van der Waals surface area (Å²) in [7, 11) is 0. The van der Waals surface area contributed by atoms with Crippen molar-refractivity contribution in [1.82, 2.24) is 5.32 Å². The lowest BCUT2D eigenvalue weighted by Crippen LogP contribution is -2.05. The fraction of sp³-hybridized carbons (Fsp3) is 0.500. The summed E-state index contributed by atoms with van der Waals surface area (Å²) in [5, 5.41) is 11.3. The third kappa shape index (κ3) is 1.85. The van der Waals surface area contributed by atoms with Gasteiger partial charge >= 0.3 is 5.97 Å². The molecule has 1 fully saturated rings. The van der Waals surface area contributed by atoms with E-state index in [4.69, 9.17) is 5.11 Å². The Morgan fingerprint density at radius 2 is 2.56 bits per heavy atom. The predicted molar refractivity (Wildman–Crippen MR) is 33.2 cm³/mol. The van der Waals surface area contributed by atoms with Crippen LogP contribution in [0, 0.1) is 0 Å². The van der Waals surface area contributed by atoms with Gasteiger partial charge in [-0.05, 0) is 18.5 Å². The standard InChI is InChI=1S/C6H9NO2/c8-6(9)3-5-1-2-7-4-5/h3,7H,1-2,4H2,(H,8,9)/b5-3+. The molecule has 0 aromatic heterocycles. The van der Waals surface area contributed by atoms with Gasteiger partial charge in [-0.1, -0.05) is 0 Å². The van der Waals surface area contributed by atoms with Gasteiger partial charge < -0.3 is 10.4 Å². The number of hydrogen-bond donors (Lipinski definition) is 2. The highest BCUT2D eigenvalue weighted by molar-refractivity contribution is 5.80. The Morgan fingerprint density at radius 1 is 1.78 bits per heavy atom. The van der Waals surface area contributed by atoms with Gasteiger partial charge in [0.2, 0.25) is 0 Å². The van der Waals surface area contributed by atoms with Gasteiger partial charge in [-0.2, -0.15) is 0 Å². The predicted octanol–water partition coefficient (Wildman–Crippen LogP) is -0.00930. The molecule has 0 unspecified atom stereocenters. The van der Waals surface area contributed by atoms with Crippen molar-refractivity contribution in [2.45, 2.75) is 6.42 Å². The summed E-state index contributed by atoms with van der Waals surface area (Å²) >= 11 is 0. The second-order valence-corrected chi connectivity index (χ2v) is 2.07. The average Bonchev–Trinajstić information content (AvgIpc) is 2.15. The van der Waals surface area contributed by atoms with Crippen LogP contribution >= 0.6 is 0 Å². The number of carboxylic acid groups (broad SMARTS) is 1. The summed E-state index contributed by atoms with van der Waals surface area (Å²) in [6, 6.07) is 0. The highest BCUT2D eigenvalue weighted by atomic mass is 16.4. The molecule has 0 radical (unpaired) electrons. The number of aliphatic carboxylic acids is 1. The van der Waals surface area contributed by atoms with Crippen LogP contribution in [0.25, 0.3) is 0 Å². The Morgan fingerprint density at radius 3 is 3.00 bits per heavy atom. The Balaban J connectivity index is 2.49. The van der Waals surface area contributed by atoms with Gasteiger partial charge in [-0.25, -0.2) is 4.79 Å². The smallest absolute Gasteiger partial charge is 0.328 e. The van der Waals surface area contributed by atoms with E-state index in [2.05, 4.69) is 5.32 Å². The highest BCUT2D eigenvalue weighted by Crippen LogP contribution is 2.03. The molecule has 1 aliphatic heterocycles. The van der Waals surface area contributed by atoms with Crippen LogP contribution in [0.1, 0.15) is 6.42 Å². The largest absolute Gasteiger partial charge is 0.478 e. The lowest BCUT2D eigenvalue weighted by molar-refractivity contribution is -0.131. The van der Waals surface area contributed by atoms with Crippen LogP contribution in [0.15, 0.2) is 11.6 Å². The molecular weight excluding hydrogens is 118 g/mol. The zero-order chi connectivity index (χ0) is 6.69. The summed E-state index contributed by atoms with van der Waals surface area (Å²) in [5.74, 6) is -0.839.